The highest BCUT2D eigenvalue weighted by atomic mass is 32.2. The number of carbonyl (C=O) groups excluding carboxylic acids is 1. The molecule has 0 fully saturated rings. The minimum Gasteiger partial charge on any atom is -0.355 e. The third kappa shape index (κ3) is 6.31. The van der Waals surface area contributed by atoms with Crippen LogP contribution in [-0.4, -0.2) is 18.2 Å². The van der Waals surface area contributed by atoms with E-state index >= 15 is 0 Å². The Balaban J connectivity index is 2.19. The van der Waals surface area contributed by atoms with E-state index in [1.807, 2.05) is 0 Å². The molecule has 0 spiro atoms. The SMILES string of the molecule is CC(C)CNC(=O)CSCc1ccc(F)cc1. The topological polar surface area (TPSA) is 29.1 Å². The van der Waals surface area contributed by atoms with E-state index in [0.29, 0.717) is 11.7 Å². The smallest absolute Gasteiger partial charge is 0.230 e. The van der Waals surface area contributed by atoms with Crippen molar-refractivity contribution in [1.29, 1.82) is 0 Å². The summed E-state index contributed by atoms with van der Waals surface area (Å²) < 4.78 is 12.6. The van der Waals surface area contributed by atoms with Crippen molar-refractivity contribution in [2.45, 2.75) is 19.6 Å². The second kappa shape index (κ2) is 7.33. The molecular weight excluding hydrogens is 237 g/mol. The zero-order valence-corrected chi connectivity index (χ0v) is 11.0. The van der Waals surface area contributed by atoms with E-state index in [9.17, 15) is 9.18 Å². The maximum atomic E-state index is 12.6. The minimum absolute atomic E-state index is 0.0609. The Morgan fingerprint density at radius 3 is 2.59 bits per heavy atom. The summed E-state index contributed by atoms with van der Waals surface area (Å²) in [5, 5.41) is 2.86. The molecule has 0 radical (unpaired) electrons. The number of nitrogens with one attached hydrogen (secondary N) is 1. The molecular formula is C13H18FNOS. The Kier molecular flexibility index (Phi) is 6.05. The molecule has 0 aliphatic rings. The van der Waals surface area contributed by atoms with Crippen LogP contribution in [0.3, 0.4) is 0 Å². The van der Waals surface area contributed by atoms with Gasteiger partial charge in [0.25, 0.3) is 0 Å². The molecule has 4 heteroatoms. The average Bonchev–Trinajstić information content (AvgIpc) is 2.29. The van der Waals surface area contributed by atoms with E-state index in [1.54, 1.807) is 12.1 Å². The molecule has 94 valence electrons. The summed E-state index contributed by atoms with van der Waals surface area (Å²) in [5.41, 5.74) is 1.04. The second-order valence-corrected chi connectivity index (χ2v) is 5.30. The third-order valence-electron chi connectivity index (χ3n) is 2.12. The summed E-state index contributed by atoms with van der Waals surface area (Å²) in [6.07, 6.45) is 0. The van der Waals surface area contributed by atoms with Gasteiger partial charge >= 0.3 is 0 Å². The molecule has 1 amide bonds. The summed E-state index contributed by atoms with van der Waals surface area (Å²) in [4.78, 5) is 11.4. The molecule has 2 nitrogen and oxygen atoms in total. The van der Waals surface area contributed by atoms with E-state index in [2.05, 4.69) is 19.2 Å². The molecule has 0 aliphatic carbocycles. The summed E-state index contributed by atoms with van der Waals surface area (Å²) in [7, 11) is 0. The van der Waals surface area contributed by atoms with Crippen LogP contribution in [0.15, 0.2) is 24.3 Å². The molecule has 0 aromatic heterocycles. The summed E-state index contributed by atoms with van der Waals surface area (Å²) in [6, 6.07) is 6.37. The minimum atomic E-state index is -0.228. The van der Waals surface area contributed by atoms with Crippen LogP contribution < -0.4 is 5.32 Å². The summed E-state index contributed by atoms with van der Waals surface area (Å²) >= 11 is 1.54. The first kappa shape index (κ1) is 14.0. The molecule has 1 N–H and O–H groups in total. The second-order valence-electron chi connectivity index (χ2n) is 4.32. The third-order valence-corrected chi connectivity index (χ3v) is 3.13. The van der Waals surface area contributed by atoms with Crippen LogP contribution in [0.2, 0.25) is 0 Å². The monoisotopic (exact) mass is 255 g/mol. The van der Waals surface area contributed by atoms with E-state index in [4.69, 9.17) is 0 Å². The van der Waals surface area contributed by atoms with E-state index in [0.717, 1.165) is 17.9 Å². The van der Waals surface area contributed by atoms with E-state index in [1.165, 1.54) is 23.9 Å². The van der Waals surface area contributed by atoms with Crippen molar-refractivity contribution >= 4 is 17.7 Å². The fourth-order valence-electron chi connectivity index (χ4n) is 1.21. The molecule has 17 heavy (non-hydrogen) atoms. The van der Waals surface area contributed by atoms with Crippen molar-refractivity contribution in [3.05, 3.63) is 35.6 Å². The van der Waals surface area contributed by atoms with Gasteiger partial charge in [-0.1, -0.05) is 26.0 Å². The quantitative estimate of drug-likeness (QED) is 0.847. The van der Waals surface area contributed by atoms with E-state index < -0.39 is 0 Å². The number of rotatable bonds is 6. The molecule has 0 unspecified atom stereocenters. The number of benzene rings is 1. The van der Waals surface area contributed by atoms with Crippen molar-refractivity contribution in [3.63, 3.8) is 0 Å². The van der Waals surface area contributed by atoms with Crippen LogP contribution in [0.5, 0.6) is 0 Å². The Morgan fingerprint density at radius 2 is 2.00 bits per heavy atom. The normalized spacial score (nSPS) is 10.6. The Morgan fingerprint density at radius 1 is 1.35 bits per heavy atom. The fourth-order valence-corrected chi connectivity index (χ4v) is 2.03. The summed E-state index contributed by atoms with van der Waals surface area (Å²) in [5.74, 6) is 1.49. The van der Waals surface area contributed by atoms with Gasteiger partial charge in [0.15, 0.2) is 0 Å². The number of halogens is 1. The van der Waals surface area contributed by atoms with Gasteiger partial charge in [-0.05, 0) is 23.6 Å². The first-order chi connectivity index (χ1) is 8.08. The summed E-state index contributed by atoms with van der Waals surface area (Å²) in [6.45, 7) is 4.84. The van der Waals surface area contributed by atoms with Crippen LogP contribution in [0.25, 0.3) is 0 Å². The fraction of sp³-hybridized carbons (Fsp3) is 0.462. The molecule has 0 saturated heterocycles. The highest BCUT2D eigenvalue weighted by Crippen LogP contribution is 2.12. The molecule has 1 aromatic rings. The highest BCUT2D eigenvalue weighted by Gasteiger charge is 2.02. The molecule has 1 aromatic carbocycles. The van der Waals surface area contributed by atoms with Crippen molar-refractivity contribution in [2.75, 3.05) is 12.3 Å². The van der Waals surface area contributed by atoms with Crippen LogP contribution in [0, 0.1) is 11.7 Å². The standard InChI is InChI=1S/C13H18FNOS/c1-10(2)7-15-13(16)9-17-8-11-3-5-12(14)6-4-11/h3-6,10H,7-9H2,1-2H3,(H,15,16). The maximum absolute atomic E-state index is 12.6. The first-order valence-electron chi connectivity index (χ1n) is 5.67. The number of amides is 1. The van der Waals surface area contributed by atoms with Gasteiger partial charge in [0.1, 0.15) is 5.82 Å². The van der Waals surface area contributed by atoms with Crippen molar-refractivity contribution in [2.24, 2.45) is 5.92 Å². The molecule has 1 rings (SSSR count). The molecule has 0 heterocycles. The number of carbonyl (C=O) groups is 1. The Labute approximate surface area is 106 Å². The lowest BCUT2D eigenvalue weighted by atomic mass is 10.2. The van der Waals surface area contributed by atoms with Gasteiger partial charge in [-0.2, -0.15) is 0 Å². The molecule has 0 saturated carbocycles. The van der Waals surface area contributed by atoms with Crippen LogP contribution >= 0.6 is 11.8 Å². The van der Waals surface area contributed by atoms with Crippen molar-refractivity contribution in [3.8, 4) is 0 Å². The van der Waals surface area contributed by atoms with Gasteiger partial charge in [-0.15, -0.1) is 11.8 Å². The molecule has 0 bridgehead atoms. The van der Waals surface area contributed by atoms with Crippen molar-refractivity contribution < 1.29 is 9.18 Å². The van der Waals surface area contributed by atoms with Gasteiger partial charge in [0, 0.05) is 12.3 Å². The Bertz CT molecular complexity index is 351. The van der Waals surface area contributed by atoms with Crippen LogP contribution in [0.1, 0.15) is 19.4 Å². The number of thioether (sulfide) groups is 1. The largest absolute Gasteiger partial charge is 0.355 e. The molecule has 0 aliphatic heterocycles. The van der Waals surface area contributed by atoms with Crippen LogP contribution in [-0.2, 0) is 10.5 Å². The zero-order chi connectivity index (χ0) is 12.7. The lowest BCUT2D eigenvalue weighted by Gasteiger charge is -2.07. The van der Waals surface area contributed by atoms with Crippen molar-refractivity contribution in [1.82, 2.24) is 5.32 Å². The highest BCUT2D eigenvalue weighted by molar-refractivity contribution is 7.99. The maximum Gasteiger partial charge on any atom is 0.230 e. The Hall–Kier alpha value is -1.03. The molecule has 0 atom stereocenters. The first-order valence-corrected chi connectivity index (χ1v) is 6.82. The lowest BCUT2D eigenvalue weighted by molar-refractivity contribution is -0.118. The van der Waals surface area contributed by atoms with Gasteiger partial charge < -0.3 is 5.32 Å². The van der Waals surface area contributed by atoms with Gasteiger partial charge in [-0.25, -0.2) is 4.39 Å². The van der Waals surface area contributed by atoms with Gasteiger partial charge in [-0.3, -0.25) is 4.79 Å². The number of hydrogen-bond donors (Lipinski definition) is 1. The number of hydrogen-bond acceptors (Lipinski definition) is 2. The predicted molar refractivity (Wildman–Crippen MR) is 70.4 cm³/mol. The van der Waals surface area contributed by atoms with Gasteiger partial charge in [0.2, 0.25) is 5.91 Å². The lowest BCUT2D eigenvalue weighted by Crippen LogP contribution is -2.28. The van der Waals surface area contributed by atoms with E-state index in [-0.39, 0.29) is 11.7 Å². The zero-order valence-electron chi connectivity index (χ0n) is 10.2. The van der Waals surface area contributed by atoms with Gasteiger partial charge in [0.05, 0.1) is 5.75 Å². The van der Waals surface area contributed by atoms with Crippen LogP contribution in [0.4, 0.5) is 4.39 Å². The predicted octanol–water partition coefficient (Wildman–Crippen LogP) is 2.83. The average molecular weight is 255 g/mol.